The van der Waals surface area contributed by atoms with Gasteiger partial charge in [-0.3, -0.25) is 0 Å². The van der Waals surface area contributed by atoms with Gasteiger partial charge in [0.25, 0.3) is 0 Å². The number of hydrogen-bond acceptors (Lipinski definition) is 2. The average molecular weight is 621 g/mol. The van der Waals surface area contributed by atoms with Crippen molar-refractivity contribution in [1.29, 1.82) is 0 Å². The highest BCUT2D eigenvalue weighted by Gasteiger charge is 2.21. The third-order valence-electron chi connectivity index (χ3n) is 9.12. The first-order valence-corrected chi connectivity index (χ1v) is 15.7. The summed E-state index contributed by atoms with van der Waals surface area (Å²) in [5.41, 5.74) is 6.43. The van der Waals surface area contributed by atoms with Crippen LogP contribution in [0.5, 0.6) is 0 Å². The van der Waals surface area contributed by atoms with Gasteiger partial charge in [-0.15, -0.1) is 0 Å². The van der Waals surface area contributed by atoms with E-state index in [1.54, 1.807) is 24.3 Å². The fraction of sp³-hybridized carbons (Fsp3) is 0. The number of benzene rings is 8. The Morgan fingerprint density at radius 3 is 1.42 bits per heavy atom. The lowest BCUT2D eigenvalue weighted by Gasteiger charge is -2.17. The number of hydrogen-bond donors (Lipinski definition) is 0. The third-order valence-corrected chi connectivity index (χ3v) is 9.12. The summed E-state index contributed by atoms with van der Waals surface area (Å²) in [6.07, 6.45) is 0. The Morgan fingerprint density at radius 1 is 0.333 bits per heavy atom. The van der Waals surface area contributed by atoms with Gasteiger partial charge in [-0.05, 0) is 61.5 Å². The highest BCUT2D eigenvalue weighted by Crippen LogP contribution is 2.46. The van der Waals surface area contributed by atoms with Crippen molar-refractivity contribution in [3.05, 3.63) is 170 Å². The molecular formula is C46H28O2. The van der Waals surface area contributed by atoms with Crippen LogP contribution in [-0.2, 0) is 0 Å². The van der Waals surface area contributed by atoms with Gasteiger partial charge in [-0.25, -0.2) is 0 Å². The largest absolute Gasteiger partial charge is 0.456 e. The Labute approximate surface area is 288 Å². The van der Waals surface area contributed by atoms with E-state index in [-0.39, 0.29) is 45.7 Å². The first kappa shape index (κ1) is 20.0. The second-order valence-corrected chi connectivity index (χ2v) is 11.8. The van der Waals surface area contributed by atoms with Crippen molar-refractivity contribution in [2.45, 2.75) is 0 Å². The Kier molecular flexibility index (Phi) is 4.41. The van der Waals surface area contributed by atoms with E-state index in [2.05, 4.69) is 6.07 Å². The predicted octanol–water partition coefficient (Wildman–Crippen LogP) is 13.3. The van der Waals surface area contributed by atoms with Gasteiger partial charge in [0.1, 0.15) is 22.5 Å². The summed E-state index contributed by atoms with van der Waals surface area (Å²) in [4.78, 5) is 0. The highest BCUT2D eigenvalue weighted by atomic mass is 16.3. The number of para-hydroxylation sites is 1. The lowest BCUT2D eigenvalue weighted by Crippen LogP contribution is -1.90. The summed E-state index contributed by atoms with van der Waals surface area (Å²) in [6.45, 7) is 0. The molecule has 10 rings (SSSR count). The Hall–Kier alpha value is -6.38. The number of rotatable bonds is 4. The maximum Gasteiger partial charge on any atom is 0.143 e. The molecule has 0 fully saturated rings. The van der Waals surface area contributed by atoms with Crippen molar-refractivity contribution in [2.24, 2.45) is 0 Å². The standard InChI is InChI=1S/C46H28O2/c1-3-13-29(14-4-1)43-34-18-7-9-20-36(34)44(37-21-10-8-19-35(37)43)31-23-25-32(26-24-31)46-45(30-15-5-2-6-16-30)39-27-38-33-17-11-12-22-40(33)47-41(38)28-42(39)48-46/h1-28H/i7D,8D,9D,10D,18D,19D,20D,21D. The van der Waals surface area contributed by atoms with E-state index in [9.17, 15) is 2.74 Å². The quantitative estimate of drug-likeness (QED) is 0.183. The van der Waals surface area contributed by atoms with Gasteiger partial charge in [0.2, 0.25) is 0 Å². The zero-order valence-electron chi connectivity index (χ0n) is 33.4. The molecule has 0 aliphatic rings. The molecule has 0 unspecified atom stereocenters. The molecule has 0 aliphatic heterocycles. The molecule has 2 aromatic heterocycles. The maximum absolute atomic E-state index is 9.23. The van der Waals surface area contributed by atoms with E-state index < -0.39 is 24.2 Å². The van der Waals surface area contributed by atoms with Crippen molar-refractivity contribution in [2.75, 3.05) is 0 Å². The van der Waals surface area contributed by atoms with E-state index in [0.717, 1.165) is 38.4 Å². The second-order valence-electron chi connectivity index (χ2n) is 11.8. The summed E-state index contributed by atoms with van der Waals surface area (Å²) in [5.74, 6) is 0.618. The first-order chi connectivity index (χ1) is 27.1. The van der Waals surface area contributed by atoms with Gasteiger partial charge in [-0.1, -0.05) is 151 Å². The normalized spacial score (nSPS) is 14.1. The van der Waals surface area contributed by atoms with Crippen LogP contribution in [0, 0.1) is 0 Å². The Balaban J connectivity index is 1.27. The van der Waals surface area contributed by atoms with Crippen LogP contribution in [0.2, 0.25) is 0 Å². The van der Waals surface area contributed by atoms with Crippen LogP contribution in [0.1, 0.15) is 11.0 Å². The van der Waals surface area contributed by atoms with Crippen LogP contribution in [0.4, 0.5) is 0 Å². The van der Waals surface area contributed by atoms with Crippen molar-refractivity contribution in [1.82, 2.24) is 0 Å². The average Bonchev–Trinajstić information content (AvgIpc) is 3.79. The smallest absolute Gasteiger partial charge is 0.143 e. The monoisotopic (exact) mass is 620 g/mol. The SMILES string of the molecule is [2H]c1c([2H])c([2H])c2c(-c3ccc(-c4oc5cc6oc7ccccc7c6cc5c4-c4ccccc4)cc3)c3c([2H])c([2H])c([2H])c([2H])c3c(-c3ccccc3)c2c1[2H]. The summed E-state index contributed by atoms with van der Waals surface area (Å²) in [7, 11) is 0. The fourth-order valence-corrected chi connectivity index (χ4v) is 7.01. The summed E-state index contributed by atoms with van der Waals surface area (Å²) in [6, 6.07) is 35.3. The molecule has 0 bridgehead atoms. The van der Waals surface area contributed by atoms with Crippen molar-refractivity contribution in [3.63, 3.8) is 0 Å². The first-order valence-electron chi connectivity index (χ1n) is 19.7. The lowest BCUT2D eigenvalue weighted by atomic mass is 9.86. The molecule has 0 spiro atoms. The Morgan fingerprint density at radius 2 is 0.812 bits per heavy atom. The van der Waals surface area contributed by atoms with Crippen LogP contribution in [0.3, 0.4) is 0 Å². The van der Waals surface area contributed by atoms with E-state index in [0.29, 0.717) is 39.2 Å². The van der Waals surface area contributed by atoms with Crippen LogP contribution in [0.25, 0.3) is 99.2 Å². The van der Waals surface area contributed by atoms with Crippen LogP contribution >= 0.6 is 0 Å². The molecule has 8 aromatic carbocycles. The number of fused-ring (bicyclic) bond motifs is 6. The van der Waals surface area contributed by atoms with E-state index in [1.807, 2.05) is 91.0 Å². The predicted molar refractivity (Wildman–Crippen MR) is 200 cm³/mol. The summed E-state index contributed by atoms with van der Waals surface area (Å²) in [5, 5.41) is 3.59. The molecule has 0 saturated carbocycles. The molecule has 0 N–H and O–H groups in total. The van der Waals surface area contributed by atoms with E-state index >= 15 is 0 Å². The van der Waals surface area contributed by atoms with Gasteiger partial charge in [0.15, 0.2) is 0 Å². The molecule has 0 amide bonds. The third kappa shape index (κ3) is 4.06. The second kappa shape index (κ2) is 10.6. The molecule has 2 heterocycles. The minimum Gasteiger partial charge on any atom is -0.456 e. The van der Waals surface area contributed by atoms with Crippen LogP contribution < -0.4 is 0 Å². The molecular weight excluding hydrogens is 585 g/mol. The Bertz CT molecular complexity index is 3180. The van der Waals surface area contributed by atoms with Gasteiger partial charge in [0, 0.05) is 33.4 Å². The van der Waals surface area contributed by atoms with Gasteiger partial charge in [-0.2, -0.15) is 0 Å². The van der Waals surface area contributed by atoms with E-state index in [4.69, 9.17) is 17.1 Å². The molecule has 0 saturated heterocycles. The van der Waals surface area contributed by atoms with Crippen molar-refractivity contribution in [3.8, 4) is 44.7 Å². The van der Waals surface area contributed by atoms with Crippen LogP contribution in [0.15, 0.2) is 179 Å². The summed E-state index contributed by atoms with van der Waals surface area (Å²) >= 11 is 0. The zero-order chi connectivity index (χ0) is 38.6. The molecule has 10 aromatic rings. The minimum atomic E-state index is -0.437. The highest BCUT2D eigenvalue weighted by molar-refractivity contribution is 6.21. The molecule has 0 radical (unpaired) electrons. The minimum absolute atomic E-state index is 0.170. The molecule has 0 aliphatic carbocycles. The molecule has 224 valence electrons. The maximum atomic E-state index is 9.23. The molecule has 0 atom stereocenters. The number of furan rings is 2. The molecule has 2 heteroatoms. The zero-order valence-corrected chi connectivity index (χ0v) is 25.4. The van der Waals surface area contributed by atoms with Gasteiger partial charge in [0.05, 0.1) is 11.0 Å². The van der Waals surface area contributed by atoms with E-state index in [1.165, 1.54) is 0 Å². The molecule has 2 nitrogen and oxygen atoms in total. The topological polar surface area (TPSA) is 26.3 Å². The van der Waals surface area contributed by atoms with Crippen LogP contribution in [-0.4, -0.2) is 0 Å². The summed E-state index contributed by atoms with van der Waals surface area (Å²) < 4.78 is 84.4. The van der Waals surface area contributed by atoms with Crippen molar-refractivity contribution >= 4 is 54.5 Å². The van der Waals surface area contributed by atoms with Gasteiger partial charge < -0.3 is 8.83 Å². The fourth-order valence-electron chi connectivity index (χ4n) is 7.01. The molecule has 48 heavy (non-hydrogen) atoms. The lowest BCUT2D eigenvalue weighted by molar-refractivity contribution is 0.629. The van der Waals surface area contributed by atoms with Gasteiger partial charge >= 0.3 is 0 Å². The van der Waals surface area contributed by atoms with Crippen molar-refractivity contribution < 1.29 is 19.8 Å².